The van der Waals surface area contributed by atoms with Crippen molar-refractivity contribution in [3.05, 3.63) is 33.6 Å². The zero-order valence-electron chi connectivity index (χ0n) is 13.6. The molecule has 3 rings (SSSR count). The summed E-state index contributed by atoms with van der Waals surface area (Å²) in [7, 11) is 0. The maximum atomic E-state index is 5.93. The number of thiazole rings is 1. The van der Waals surface area contributed by atoms with Crippen LogP contribution in [0.3, 0.4) is 0 Å². The van der Waals surface area contributed by atoms with Crippen molar-refractivity contribution in [1.82, 2.24) is 15.0 Å². The fourth-order valence-electron chi connectivity index (χ4n) is 2.50. The van der Waals surface area contributed by atoms with E-state index in [0.717, 1.165) is 48.4 Å². The predicted octanol–water partition coefficient (Wildman–Crippen LogP) is 3.31. The molecule has 0 aliphatic carbocycles. The number of morpholine rings is 1. The Hall–Kier alpha value is -1.24. The summed E-state index contributed by atoms with van der Waals surface area (Å²) < 4.78 is 11.1. The number of hydrogen-bond acceptors (Lipinski definition) is 6. The third-order valence-corrected chi connectivity index (χ3v) is 4.72. The molecule has 1 aliphatic heterocycles. The minimum Gasteiger partial charge on any atom is -0.368 e. The fourth-order valence-corrected chi connectivity index (χ4v) is 3.58. The summed E-state index contributed by atoms with van der Waals surface area (Å²) in [6.45, 7) is 11.8. The van der Waals surface area contributed by atoms with Gasteiger partial charge in [-0.2, -0.15) is 0 Å². The summed E-state index contributed by atoms with van der Waals surface area (Å²) in [5, 5.41) is 7.30. The molecule has 0 aromatic carbocycles. The minimum atomic E-state index is 0.0582. The van der Waals surface area contributed by atoms with E-state index in [1.54, 1.807) is 11.3 Å². The van der Waals surface area contributed by atoms with Gasteiger partial charge >= 0.3 is 0 Å². The predicted molar refractivity (Wildman–Crippen MR) is 86.0 cm³/mol. The minimum absolute atomic E-state index is 0.0582. The lowest BCUT2D eigenvalue weighted by molar-refractivity contribution is -0.0336. The second-order valence-corrected chi connectivity index (χ2v) is 7.73. The summed E-state index contributed by atoms with van der Waals surface area (Å²) >= 11 is 1.70. The Kier molecular flexibility index (Phi) is 4.34. The Labute approximate surface area is 135 Å². The topological polar surface area (TPSA) is 51.4 Å². The van der Waals surface area contributed by atoms with Crippen molar-refractivity contribution < 1.29 is 9.26 Å². The molecule has 0 bridgehead atoms. The molecule has 0 amide bonds. The molecule has 0 radical (unpaired) electrons. The summed E-state index contributed by atoms with van der Waals surface area (Å²) in [5.41, 5.74) is 2.20. The van der Waals surface area contributed by atoms with Gasteiger partial charge in [-0.15, -0.1) is 11.3 Å². The first-order valence-corrected chi connectivity index (χ1v) is 8.52. The van der Waals surface area contributed by atoms with E-state index < -0.39 is 0 Å². The summed E-state index contributed by atoms with van der Waals surface area (Å²) in [5.74, 6) is 0.856. The zero-order chi connectivity index (χ0) is 15.7. The van der Waals surface area contributed by atoms with Gasteiger partial charge in [-0.1, -0.05) is 25.9 Å². The first kappa shape index (κ1) is 15.6. The molecular formula is C16H23N3O2S. The van der Waals surface area contributed by atoms with Crippen LogP contribution in [0.25, 0.3) is 0 Å². The van der Waals surface area contributed by atoms with E-state index in [4.69, 9.17) is 14.2 Å². The van der Waals surface area contributed by atoms with E-state index in [-0.39, 0.29) is 11.5 Å². The number of ether oxygens (including phenoxy) is 1. The quantitative estimate of drug-likeness (QED) is 0.868. The van der Waals surface area contributed by atoms with Crippen LogP contribution in [0.15, 0.2) is 16.0 Å². The number of nitrogens with zero attached hydrogens (tertiary/aromatic N) is 3. The Bertz CT molecular complexity index is 629. The van der Waals surface area contributed by atoms with E-state index >= 15 is 0 Å². The molecule has 0 N–H and O–H groups in total. The van der Waals surface area contributed by atoms with Crippen molar-refractivity contribution in [2.75, 3.05) is 19.7 Å². The van der Waals surface area contributed by atoms with Gasteiger partial charge in [0.2, 0.25) is 0 Å². The van der Waals surface area contributed by atoms with Crippen LogP contribution in [0.4, 0.5) is 0 Å². The molecule has 2 aromatic heterocycles. The van der Waals surface area contributed by atoms with Gasteiger partial charge in [0.25, 0.3) is 0 Å². The monoisotopic (exact) mass is 321 g/mol. The van der Waals surface area contributed by atoms with Crippen molar-refractivity contribution in [1.29, 1.82) is 0 Å². The fraction of sp³-hybridized carbons (Fsp3) is 0.625. The molecule has 6 heteroatoms. The van der Waals surface area contributed by atoms with Crippen molar-refractivity contribution >= 4 is 11.3 Å². The smallest absolute Gasteiger partial charge is 0.133 e. The molecule has 5 nitrogen and oxygen atoms in total. The average molecular weight is 321 g/mol. The van der Waals surface area contributed by atoms with Crippen molar-refractivity contribution in [3.63, 3.8) is 0 Å². The van der Waals surface area contributed by atoms with Gasteiger partial charge < -0.3 is 9.26 Å². The van der Waals surface area contributed by atoms with Crippen LogP contribution in [0, 0.1) is 6.92 Å². The molecule has 3 heterocycles. The number of aromatic nitrogens is 2. The molecule has 120 valence electrons. The van der Waals surface area contributed by atoms with Gasteiger partial charge in [0.05, 0.1) is 18.0 Å². The van der Waals surface area contributed by atoms with Gasteiger partial charge in [-0.25, -0.2) is 4.98 Å². The highest BCUT2D eigenvalue weighted by Gasteiger charge is 2.27. The summed E-state index contributed by atoms with van der Waals surface area (Å²) in [6.07, 6.45) is 0.0582. The van der Waals surface area contributed by atoms with E-state index in [1.807, 2.05) is 13.0 Å². The lowest BCUT2D eigenvalue weighted by atomic mass is 9.93. The molecule has 1 fully saturated rings. The summed E-state index contributed by atoms with van der Waals surface area (Å²) in [4.78, 5) is 7.13. The molecule has 2 aromatic rings. The van der Waals surface area contributed by atoms with Crippen LogP contribution >= 0.6 is 11.3 Å². The standard InChI is InChI=1S/C16H23N3O2S/c1-11-7-12(18-21-11)8-19-5-6-20-13(9-19)15-17-14(10-22-15)16(2,3)4/h7,10,13H,5-6,8-9H2,1-4H3/t13-/m1/s1. The number of hydrogen-bond donors (Lipinski definition) is 0. The van der Waals surface area contributed by atoms with Gasteiger partial charge in [0.15, 0.2) is 0 Å². The molecule has 1 atom stereocenters. The SMILES string of the molecule is Cc1cc(CN2CCO[C@@H](c3nc(C(C)(C)C)cs3)C2)no1. The lowest BCUT2D eigenvalue weighted by Gasteiger charge is -2.31. The zero-order valence-corrected chi connectivity index (χ0v) is 14.4. The molecular weight excluding hydrogens is 298 g/mol. The molecule has 1 aliphatic rings. The molecule has 0 spiro atoms. The average Bonchev–Trinajstić information content (AvgIpc) is 3.08. The summed E-state index contributed by atoms with van der Waals surface area (Å²) in [6, 6.07) is 1.99. The molecule has 1 saturated heterocycles. The van der Waals surface area contributed by atoms with Crippen molar-refractivity contribution in [2.45, 2.75) is 45.8 Å². The third kappa shape index (κ3) is 3.56. The van der Waals surface area contributed by atoms with Crippen LogP contribution in [0.1, 0.15) is 49.0 Å². The largest absolute Gasteiger partial charge is 0.368 e. The van der Waals surface area contributed by atoms with E-state index in [9.17, 15) is 0 Å². The van der Waals surface area contributed by atoms with Crippen LogP contribution in [0.5, 0.6) is 0 Å². The Morgan fingerprint density at radius 2 is 2.23 bits per heavy atom. The maximum absolute atomic E-state index is 5.93. The van der Waals surface area contributed by atoms with Crippen LogP contribution in [0.2, 0.25) is 0 Å². The highest BCUT2D eigenvalue weighted by Crippen LogP contribution is 2.30. The first-order valence-electron chi connectivity index (χ1n) is 7.64. The van der Waals surface area contributed by atoms with Gasteiger partial charge in [0, 0.05) is 36.5 Å². The first-order chi connectivity index (χ1) is 10.4. The molecule has 0 unspecified atom stereocenters. The number of aryl methyl sites for hydroxylation is 1. The Morgan fingerprint density at radius 1 is 1.41 bits per heavy atom. The van der Waals surface area contributed by atoms with E-state index in [2.05, 4.69) is 36.2 Å². The van der Waals surface area contributed by atoms with E-state index in [0.29, 0.717) is 0 Å². The highest BCUT2D eigenvalue weighted by molar-refractivity contribution is 7.09. The van der Waals surface area contributed by atoms with E-state index in [1.165, 1.54) is 0 Å². The van der Waals surface area contributed by atoms with Gasteiger partial charge in [-0.05, 0) is 6.92 Å². The van der Waals surface area contributed by atoms with Crippen molar-refractivity contribution in [2.24, 2.45) is 0 Å². The normalized spacial score (nSPS) is 20.5. The third-order valence-electron chi connectivity index (χ3n) is 3.78. The highest BCUT2D eigenvalue weighted by atomic mass is 32.1. The van der Waals surface area contributed by atoms with Crippen LogP contribution in [-0.2, 0) is 16.7 Å². The number of rotatable bonds is 3. The van der Waals surface area contributed by atoms with Crippen LogP contribution < -0.4 is 0 Å². The maximum Gasteiger partial charge on any atom is 0.133 e. The molecule has 22 heavy (non-hydrogen) atoms. The second kappa shape index (κ2) is 6.10. The lowest BCUT2D eigenvalue weighted by Crippen LogP contribution is -2.37. The Balaban J connectivity index is 1.66. The van der Waals surface area contributed by atoms with Gasteiger partial charge in [-0.3, -0.25) is 4.90 Å². The van der Waals surface area contributed by atoms with Crippen molar-refractivity contribution in [3.8, 4) is 0 Å². The van der Waals surface area contributed by atoms with Crippen LogP contribution in [-0.4, -0.2) is 34.7 Å². The van der Waals surface area contributed by atoms with Gasteiger partial charge in [0.1, 0.15) is 16.9 Å². The second-order valence-electron chi connectivity index (χ2n) is 6.84. The molecule has 0 saturated carbocycles. The Morgan fingerprint density at radius 3 is 2.86 bits per heavy atom.